The molecule has 3 heterocycles. The molecule has 0 unspecified atom stereocenters. The minimum absolute atomic E-state index is 0.140. The molecule has 0 spiro atoms. The molecule has 2 amide bonds. The normalized spacial score (nSPS) is 29.0. The van der Waals surface area contributed by atoms with Crippen LogP contribution in [0.2, 0.25) is 0 Å². The molecule has 1 aromatic heterocycles. The van der Waals surface area contributed by atoms with Crippen molar-refractivity contribution in [1.29, 1.82) is 0 Å². The second kappa shape index (κ2) is 4.77. The summed E-state index contributed by atoms with van der Waals surface area (Å²) in [6.45, 7) is 5.30. The van der Waals surface area contributed by atoms with Crippen molar-refractivity contribution in [2.75, 3.05) is 0 Å². The van der Waals surface area contributed by atoms with Gasteiger partial charge in [-0.1, -0.05) is 0 Å². The Morgan fingerprint density at radius 3 is 2.64 bits per heavy atom. The summed E-state index contributed by atoms with van der Waals surface area (Å²) in [6, 6.07) is 1.61. The third-order valence-corrected chi connectivity index (χ3v) is 5.50. The Morgan fingerprint density at radius 2 is 2.09 bits per heavy atom. The van der Waals surface area contributed by atoms with Crippen LogP contribution in [0.25, 0.3) is 0 Å². The number of β-lactam (4-membered cyclic amide) rings is 1. The molecule has 2 fully saturated rings. The van der Waals surface area contributed by atoms with Gasteiger partial charge in [0.15, 0.2) is 5.76 Å². The predicted molar refractivity (Wildman–Crippen MR) is 78.4 cm³/mol. The highest BCUT2D eigenvalue weighted by Crippen LogP contribution is 2.50. The highest BCUT2D eigenvalue weighted by atomic mass is 32.2. The van der Waals surface area contributed by atoms with Crippen molar-refractivity contribution in [3.05, 3.63) is 23.7 Å². The molecule has 2 aliphatic rings. The number of fused-ring (bicyclic) bond motifs is 1. The molecular formula is C14H16N2O5S. The Labute approximate surface area is 131 Å². The first kappa shape index (κ1) is 15.0. The smallest absolute Gasteiger partial charge is 0.327 e. The van der Waals surface area contributed by atoms with Crippen LogP contribution < -0.4 is 5.32 Å². The molecule has 0 aliphatic carbocycles. The fourth-order valence-corrected chi connectivity index (χ4v) is 4.54. The lowest BCUT2D eigenvalue weighted by Crippen LogP contribution is -2.70. The number of furan rings is 1. The topological polar surface area (TPSA) is 99.9 Å². The van der Waals surface area contributed by atoms with Crippen LogP contribution in [0.4, 0.5) is 0 Å². The summed E-state index contributed by atoms with van der Waals surface area (Å²) in [5.41, 5.74) is 0. The highest BCUT2D eigenvalue weighted by molar-refractivity contribution is 8.01. The zero-order chi connectivity index (χ0) is 16.2. The van der Waals surface area contributed by atoms with Crippen molar-refractivity contribution in [2.45, 2.75) is 43.0 Å². The average Bonchev–Trinajstić information content (AvgIpc) is 2.95. The molecule has 3 atom stereocenters. The van der Waals surface area contributed by atoms with E-state index in [-0.39, 0.29) is 17.0 Å². The Kier molecular flexibility index (Phi) is 3.24. The lowest BCUT2D eigenvalue weighted by Gasteiger charge is -2.43. The molecule has 0 radical (unpaired) electrons. The average molecular weight is 324 g/mol. The maximum atomic E-state index is 12.2. The van der Waals surface area contributed by atoms with E-state index in [4.69, 9.17) is 4.42 Å². The predicted octanol–water partition coefficient (Wildman–Crippen LogP) is 0.833. The second-order valence-electron chi connectivity index (χ2n) is 5.96. The van der Waals surface area contributed by atoms with Gasteiger partial charge >= 0.3 is 5.97 Å². The monoisotopic (exact) mass is 324 g/mol. The Balaban J connectivity index is 1.75. The van der Waals surface area contributed by atoms with Gasteiger partial charge in [0.25, 0.3) is 5.91 Å². The van der Waals surface area contributed by atoms with E-state index in [2.05, 4.69) is 5.32 Å². The van der Waals surface area contributed by atoms with Gasteiger partial charge in [0.1, 0.15) is 23.2 Å². The molecule has 0 aromatic carbocycles. The van der Waals surface area contributed by atoms with E-state index in [1.54, 1.807) is 26.8 Å². The van der Waals surface area contributed by atoms with Gasteiger partial charge in [0, 0.05) is 4.75 Å². The van der Waals surface area contributed by atoms with E-state index in [0.717, 1.165) is 0 Å². The largest absolute Gasteiger partial charge is 0.480 e. The number of aliphatic carboxylic acids is 1. The van der Waals surface area contributed by atoms with Gasteiger partial charge in [-0.15, -0.1) is 11.8 Å². The molecule has 2 saturated heterocycles. The van der Waals surface area contributed by atoms with Gasteiger partial charge in [0.2, 0.25) is 5.91 Å². The number of rotatable bonds is 3. The number of carbonyl (C=O) groups excluding carboxylic acids is 2. The summed E-state index contributed by atoms with van der Waals surface area (Å²) < 4.78 is 4.62. The fraction of sp³-hybridized carbons (Fsp3) is 0.500. The summed E-state index contributed by atoms with van der Waals surface area (Å²) in [6.07, 6.45) is 0. The number of hydrogen-bond acceptors (Lipinski definition) is 5. The van der Waals surface area contributed by atoms with E-state index in [1.807, 2.05) is 0 Å². The van der Waals surface area contributed by atoms with Gasteiger partial charge in [-0.25, -0.2) is 4.79 Å². The van der Waals surface area contributed by atoms with E-state index in [0.29, 0.717) is 5.76 Å². The maximum absolute atomic E-state index is 12.2. The van der Waals surface area contributed by atoms with Gasteiger partial charge in [-0.2, -0.15) is 0 Å². The number of carboxylic acids is 1. The number of amides is 2. The van der Waals surface area contributed by atoms with Crippen molar-refractivity contribution in [1.82, 2.24) is 10.2 Å². The SMILES string of the molecule is Cc1ccc(C(=O)N[C@@H]2C(=O)N3[C@H]2SC(C)(C)[C@H]3C(=O)O)o1. The van der Waals surface area contributed by atoms with E-state index < -0.39 is 28.7 Å². The van der Waals surface area contributed by atoms with Crippen molar-refractivity contribution < 1.29 is 23.9 Å². The number of nitrogens with one attached hydrogen (secondary N) is 1. The summed E-state index contributed by atoms with van der Waals surface area (Å²) in [5.74, 6) is -1.12. The van der Waals surface area contributed by atoms with Crippen LogP contribution in [-0.2, 0) is 9.59 Å². The zero-order valence-electron chi connectivity index (χ0n) is 12.3. The first-order valence-electron chi connectivity index (χ1n) is 6.82. The number of carboxylic acid groups (broad SMARTS) is 1. The van der Waals surface area contributed by atoms with Gasteiger partial charge in [-0.3, -0.25) is 9.59 Å². The minimum atomic E-state index is -1.03. The van der Waals surface area contributed by atoms with E-state index in [9.17, 15) is 19.5 Å². The number of thioether (sulfide) groups is 1. The third-order valence-electron chi connectivity index (χ3n) is 3.93. The summed E-state index contributed by atoms with van der Waals surface area (Å²) >= 11 is 1.39. The fourth-order valence-electron chi connectivity index (χ4n) is 2.91. The first-order valence-corrected chi connectivity index (χ1v) is 7.70. The van der Waals surface area contributed by atoms with E-state index in [1.165, 1.54) is 22.7 Å². The molecule has 118 valence electrons. The molecule has 8 heteroatoms. The third kappa shape index (κ3) is 2.09. The minimum Gasteiger partial charge on any atom is -0.480 e. The standard InChI is InChI=1S/C14H16N2O5S/c1-6-4-5-7(21-6)10(17)15-8-11(18)16-9(13(19)20)14(2,3)22-12(8)16/h4-5,8-9,12H,1-3H3,(H,15,17)(H,19,20)/t8-,9-,12+/m1/s1. The maximum Gasteiger partial charge on any atom is 0.327 e. The van der Waals surface area contributed by atoms with Crippen LogP contribution in [0, 0.1) is 6.92 Å². The molecule has 0 bridgehead atoms. The summed E-state index contributed by atoms with van der Waals surface area (Å²) in [7, 11) is 0. The molecule has 3 rings (SSSR count). The molecule has 2 N–H and O–H groups in total. The summed E-state index contributed by atoms with van der Waals surface area (Å²) in [5, 5.41) is 11.6. The molecule has 2 aliphatic heterocycles. The highest BCUT2D eigenvalue weighted by Gasteiger charge is 2.64. The van der Waals surface area contributed by atoms with Crippen molar-refractivity contribution >= 4 is 29.5 Å². The van der Waals surface area contributed by atoms with Crippen LogP contribution >= 0.6 is 11.8 Å². The van der Waals surface area contributed by atoms with Crippen LogP contribution in [-0.4, -0.2) is 50.0 Å². The second-order valence-corrected chi connectivity index (χ2v) is 7.73. The van der Waals surface area contributed by atoms with Crippen molar-refractivity contribution in [3.63, 3.8) is 0 Å². The lowest BCUT2D eigenvalue weighted by atomic mass is 9.96. The summed E-state index contributed by atoms with van der Waals surface area (Å²) in [4.78, 5) is 37.0. The van der Waals surface area contributed by atoms with Crippen molar-refractivity contribution in [2.24, 2.45) is 0 Å². The van der Waals surface area contributed by atoms with Crippen LogP contribution in [0.1, 0.15) is 30.2 Å². The Bertz CT molecular complexity index is 668. The lowest BCUT2D eigenvalue weighted by molar-refractivity contribution is -0.159. The Hall–Kier alpha value is -1.96. The van der Waals surface area contributed by atoms with Gasteiger partial charge in [-0.05, 0) is 32.9 Å². The van der Waals surface area contributed by atoms with Crippen LogP contribution in [0.15, 0.2) is 16.5 Å². The molecular weight excluding hydrogens is 308 g/mol. The number of nitrogens with zero attached hydrogens (tertiary/aromatic N) is 1. The number of hydrogen-bond donors (Lipinski definition) is 2. The number of carbonyl (C=O) groups is 3. The quantitative estimate of drug-likeness (QED) is 0.799. The number of aryl methyl sites for hydroxylation is 1. The van der Waals surface area contributed by atoms with Crippen LogP contribution in [0.3, 0.4) is 0 Å². The molecule has 0 saturated carbocycles. The Morgan fingerprint density at radius 1 is 1.41 bits per heavy atom. The van der Waals surface area contributed by atoms with Crippen molar-refractivity contribution in [3.8, 4) is 0 Å². The first-order chi connectivity index (χ1) is 10.2. The van der Waals surface area contributed by atoms with E-state index >= 15 is 0 Å². The van der Waals surface area contributed by atoms with Gasteiger partial charge < -0.3 is 19.7 Å². The molecule has 7 nitrogen and oxygen atoms in total. The van der Waals surface area contributed by atoms with Gasteiger partial charge in [0.05, 0.1) is 0 Å². The molecule has 22 heavy (non-hydrogen) atoms. The molecule has 1 aromatic rings. The zero-order valence-corrected chi connectivity index (χ0v) is 13.1. The van der Waals surface area contributed by atoms with Crippen LogP contribution in [0.5, 0.6) is 0 Å².